The minimum atomic E-state index is -0.407. The van der Waals surface area contributed by atoms with E-state index in [-0.39, 0.29) is 18.0 Å². The summed E-state index contributed by atoms with van der Waals surface area (Å²) in [5.74, 6) is 0.0308. The van der Waals surface area contributed by atoms with E-state index in [2.05, 4.69) is 37.6 Å². The Morgan fingerprint density at radius 2 is 1.93 bits per heavy atom. The lowest BCUT2D eigenvalue weighted by Crippen LogP contribution is -2.47. The molecule has 3 rings (SSSR count). The zero-order chi connectivity index (χ0) is 21.7. The largest absolute Gasteiger partial charge is 0.330 e. The Bertz CT molecular complexity index is 801. The standard InChI is InChI=1S/C24H34N4O2/c1-5-15-27-20-17-28(18(4)12-11-16-26(6-2)7-3)23(29)21(20)22(25-24(27)30)19-13-9-8-10-14-19/h5,8-10,13-14,18,22H,1,6-7,11-12,15-17H2,2-4H3,(H,25,30). The molecule has 2 unspecified atom stereocenters. The van der Waals surface area contributed by atoms with Gasteiger partial charge >= 0.3 is 6.03 Å². The molecule has 0 radical (unpaired) electrons. The van der Waals surface area contributed by atoms with Gasteiger partial charge in [0, 0.05) is 12.6 Å². The molecule has 0 fully saturated rings. The molecular weight excluding hydrogens is 376 g/mol. The molecule has 6 heteroatoms. The van der Waals surface area contributed by atoms with Crippen LogP contribution in [0, 0.1) is 0 Å². The van der Waals surface area contributed by atoms with Crippen LogP contribution < -0.4 is 5.32 Å². The van der Waals surface area contributed by atoms with Gasteiger partial charge in [-0.1, -0.05) is 50.3 Å². The van der Waals surface area contributed by atoms with Crippen LogP contribution in [0.15, 0.2) is 54.3 Å². The van der Waals surface area contributed by atoms with Gasteiger partial charge in [-0.3, -0.25) is 9.69 Å². The van der Waals surface area contributed by atoms with E-state index in [4.69, 9.17) is 0 Å². The quantitative estimate of drug-likeness (QED) is 0.600. The number of carbonyl (C=O) groups is 2. The number of hydrogen-bond donors (Lipinski definition) is 1. The van der Waals surface area contributed by atoms with Gasteiger partial charge in [0.25, 0.3) is 5.91 Å². The van der Waals surface area contributed by atoms with Crippen LogP contribution in [0.5, 0.6) is 0 Å². The van der Waals surface area contributed by atoms with E-state index < -0.39 is 6.04 Å². The van der Waals surface area contributed by atoms with Crippen molar-refractivity contribution in [3.63, 3.8) is 0 Å². The van der Waals surface area contributed by atoms with Crippen LogP contribution >= 0.6 is 0 Å². The van der Waals surface area contributed by atoms with Crippen molar-refractivity contribution in [2.24, 2.45) is 0 Å². The third-order valence-corrected chi connectivity index (χ3v) is 6.22. The van der Waals surface area contributed by atoms with E-state index in [1.807, 2.05) is 35.2 Å². The molecule has 0 saturated carbocycles. The fraction of sp³-hybridized carbons (Fsp3) is 0.500. The Balaban J connectivity index is 1.80. The highest BCUT2D eigenvalue weighted by molar-refractivity contribution is 6.01. The third-order valence-electron chi connectivity index (χ3n) is 6.22. The van der Waals surface area contributed by atoms with Gasteiger partial charge in [-0.25, -0.2) is 4.79 Å². The van der Waals surface area contributed by atoms with Gasteiger partial charge in [0.1, 0.15) is 0 Å². The lowest BCUT2D eigenvalue weighted by atomic mass is 9.95. The average Bonchev–Trinajstić information content (AvgIpc) is 3.11. The molecule has 0 aliphatic carbocycles. The first kappa shape index (κ1) is 22.1. The highest BCUT2D eigenvalue weighted by Crippen LogP contribution is 2.37. The molecule has 2 aliphatic heterocycles. The number of nitrogens with zero attached hydrogens (tertiary/aromatic N) is 3. The zero-order valence-electron chi connectivity index (χ0n) is 18.4. The second-order valence-electron chi connectivity index (χ2n) is 8.00. The number of amides is 3. The summed E-state index contributed by atoms with van der Waals surface area (Å²) < 4.78 is 0. The second-order valence-corrected chi connectivity index (χ2v) is 8.00. The Labute approximate surface area is 180 Å². The molecule has 1 N–H and O–H groups in total. The van der Waals surface area contributed by atoms with Crippen LogP contribution in [0.25, 0.3) is 0 Å². The topological polar surface area (TPSA) is 55.9 Å². The summed E-state index contributed by atoms with van der Waals surface area (Å²) in [6.45, 7) is 14.3. The normalized spacial score (nSPS) is 19.9. The summed E-state index contributed by atoms with van der Waals surface area (Å²) in [6, 6.07) is 9.27. The molecule has 1 aromatic rings. The molecule has 0 aromatic heterocycles. The number of urea groups is 1. The molecular formula is C24H34N4O2. The first-order chi connectivity index (χ1) is 14.5. The maximum Gasteiger partial charge on any atom is 0.322 e. The first-order valence-corrected chi connectivity index (χ1v) is 11.0. The number of carbonyl (C=O) groups excluding carboxylic acids is 2. The molecule has 0 bridgehead atoms. The molecule has 2 aliphatic rings. The van der Waals surface area contributed by atoms with Gasteiger partial charge in [-0.2, -0.15) is 0 Å². The van der Waals surface area contributed by atoms with Gasteiger partial charge in [0.2, 0.25) is 0 Å². The van der Waals surface area contributed by atoms with Crippen molar-refractivity contribution in [3.8, 4) is 0 Å². The molecule has 0 saturated heterocycles. The van der Waals surface area contributed by atoms with Crippen LogP contribution in [0.1, 0.15) is 45.2 Å². The minimum absolute atomic E-state index is 0.0308. The van der Waals surface area contributed by atoms with Gasteiger partial charge in [0.15, 0.2) is 0 Å². The van der Waals surface area contributed by atoms with Gasteiger partial charge in [0.05, 0.1) is 23.9 Å². The minimum Gasteiger partial charge on any atom is -0.330 e. The maximum absolute atomic E-state index is 13.5. The van der Waals surface area contributed by atoms with E-state index in [9.17, 15) is 9.59 Å². The highest BCUT2D eigenvalue weighted by atomic mass is 16.2. The summed E-state index contributed by atoms with van der Waals surface area (Å²) in [5, 5.41) is 3.03. The van der Waals surface area contributed by atoms with Crippen LogP contribution in [-0.2, 0) is 4.79 Å². The van der Waals surface area contributed by atoms with Crippen LogP contribution in [0.2, 0.25) is 0 Å². The van der Waals surface area contributed by atoms with Crippen molar-refractivity contribution < 1.29 is 9.59 Å². The van der Waals surface area contributed by atoms with E-state index >= 15 is 0 Å². The van der Waals surface area contributed by atoms with Crippen molar-refractivity contribution in [2.75, 3.05) is 32.7 Å². The van der Waals surface area contributed by atoms with Crippen molar-refractivity contribution in [3.05, 3.63) is 59.8 Å². The summed E-state index contributed by atoms with van der Waals surface area (Å²) in [6.07, 6.45) is 3.70. The Hall–Kier alpha value is -2.60. The van der Waals surface area contributed by atoms with Crippen LogP contribution in [0.4, 0.5) is 4.79 Å². The summed E-state index contributed by atoms with van der Waals surface area (Å²) in [4.78, 5) is 32.3. The van der Waals surface area contributed by atoms with E-state index in [0.29, 0.717) is 18.7 Å². The molecule has 2 heterocycles. The lowest BCUT2D eigenvalue weighted by molar-refractivity contribution is -0.127. The molecule has 3 amide bonds. The maximum atomic E-state index is 13.5. The predicted molar refractivity (Wildman–Crippen MR) is 120 cm³/mol. The van der Waals surface area contributed by atoms with Crippen LogP contribution in [0.3, 0.4) is 0 Å². The molecule has 2 atom stereocenters. The first-order valence-electron chi connectivity index (χ1n) is 11.0. The fourth-order valence-electron chi connectivity index (χ4n) is 4.39. The summed E-state index contributed by atoms with van der Waals surface area (Å²) in [5.41, 5.74) is 2.44. The van der Waals surface area contributed by atoms with E-state index in [0.717, 1.165) is 43.7 Å². The summed E-state index contributed by atoms with van der Waals surface area (Å²) >= 11 is 0. The molecule has 162 valence electrons. The predicted octanol–water partition coefficient (Wildman–Crippen LogP) is 3.55. The molecule has 30 heavy (non-hydrogen) atoms. The molecule has 1 aromatic carbocycles. The Kier molecular flexibility index (Phi) is 7.32. The van der Waals surface area contributed by atoms with Crippen molar-refractivity contribution in [1.82, 2.24) is 20.0 Å². The molecule has 0 spiro atoms. The average molecular weight is 411 g/mol. The van der Waals surface area contributed by atoms with Gasteiger partial charge in [-0.15, -0.1) is 6.58 Å². The van der Waals surface area contributed by atoms with Crippen molar-refractivity contribution in [2.45, 2.75) is 45.7 Å². The monoisotopic (exact) mass is 410 g/mol. The van der Waals surface area contributed by atoms with Gasteiger partial charge < -0.3 is 15.1 Å². The van der Waals surface area contributed by atoms with Crippen molar-refractivity contribution >= 4 is 11.9 Å². The highest BCUT2D eigenvalue weighted by Gasteiger charge is 2.44. The van der Waals surface area contributed by atoms with Crippen molar-refractivity contribution in [1.29, 1.82) is 0 Å². The van der Waals surface area contributed by atoms with E-state index in [1.54, 1.807) is 11.0 Å². The second kappa shape index (κ2) is 9.94. The lowest BCUT2D eigenvalue weighted by Gasteiger charge is -2.33. The molecule has 6 nitrogen and oxygen atoms in total. The Morgan fingerprint density at radius 1 is 1.23 bits per heavy atom. The third kappa shape index (κ3) is 4.43. The summed E-state index contributed by atoms with van der Waals surface area (Å²) in [7, 11) is 0. The van der Waals surface area contributed by atoms with Gasteiger partial charge in [-0.05, 0) is 45.0 Å². The fourth-order valence-corrected chi connectivity index (χ4v) is 4.39. The number of nitrogens with one attached hydrogen (secondary N) is 1. The zero-order valence-corrected chi connectivity index (χ0v) is 18.4. The van der Waals surface area contributed by atoms with E-state index in [1.165, 1.54) is 0 Å². The number of hydrogen-bond acceptors (Lipinski definition) is 3. The smallest absolute Gasteiger partial charge is 0.322 e. The van der Waals surface area contributed by atoms with Crippen LogP contribution in [-0.4, -0.2) is 65.4 Å². The number of benzene rings is 1. The Morgan fingerprint density at radius 3 is 2.57 bits per heavy atom. The SMILES string of the molecule is C=CCN1C(=O)NC(c2ccccc2)C2=C1CN(C(C)CCCN(CC)CC)C2=O. The number of rotatable bonds is 10.